The molecule has 0 atom stereocenters. The Bertz CT molecular complexity index is 547. The minimum Gasteiger partial charge on any atom is -0.488 e. The fraction of sp³-hybridized carbons (Fsp3) is 0.231. The van der Waals surface area contributed by atoms with Gasteiger partial charge in [0, 0.05) is 24.5 Å². The summed E-state index contributed by atoms with van der Waals surface area (Å²) in [5.41, 5.74) is 2.10. The lowest BCUT2D eigenvalue weighted by Gasteiger charge is -2.31. The predicted octanol–water partition coefficient (Wildman–Crippen LogP) is 2.53. The number of hydrogen-bond donors (Lipinski definition) is 0. The van der Waals surface area contributed by atoms with Gasteiger partial charge in [0.25, 0.3) is 0 Å². The van der Waals surface area contributed by atoms with Gasteiger partial charge in [-0.15, -0.1) is 0 Å². The second kappa shape index (κ2) is 4.82. The quantitative estimate of drug-likeness (QED) is 0.833. The standard InChI is InChI=1S/C13H12ClN3O/c14-11-2-1-3-12-13(11)18-5-4-17(12)8-10-6-15-9-16-7-10/h1-3,6-7,9H,4-5,8H2. The molecule has 0 bridgehead atoms. The molecule has 0 radical (unpaired) electrons. The van der Waals surface area contributed by atoms with Gasteiger partial charge in [-0.1, -0.05) is 17.7 Å². The van der Waals surface area contributed by atoms with E-state index in [-0.39, 0.29) is 0 Å². The minimum absolute atomic E-state index is 0.643. The van der Waals surface area contributed by atoms with E-state index in [1.807, 2.05) is 30.6 Å². The van der Waals surface area contributed by atoms with Gasteiger partial charge in [0.05, 0.1) is 17.3 Å². The van der Waals surface area contributed by atoms with Gasteiger partial charge in [-0.05, 0) is 12.1 Å². The van der Waals surface area contributed by atoms with Gasteiger partial charge in [-0.3, -0.25) is 0 Å². The van der Waals surface area contributed by atoms with Gasteiger partial charge < -0.3 is 9.64 Å². The van der Waals surface area contributed by atoms with Crippen LogP contribution in [0.4, 0.5) is 5.69 Å². The van der Waals surface area contributed by atoms with E-state index in [1.165, 1.54) is 6.33 Å². The average Bonchev–Trinajstić information content (AvgIpc) is 2.41. The molecule has 0 spiro atoms. The molecule has 1 aliphatic rings. The van der Waals surface area contributed by atoms with E-state index >= 15 is 0 Å². The van der Waals surface area contributed by atoms with E-state index in [9.17, 15) is 0 Å². The number of nitrogens with zero attached hydrogens (tertiary/aromatic N) is 3. The molecule has 1 aromatic carbocycles. The zero-order valence-corrected chi connectivity index (χ0v) is 10.5. The van der Waals surface area contributed by atoms with E-state index in [4.69, 9.17) is 16.3 Å². The second-order valence-electron chi connectivity index (χ2n) is 4.10. The van der Waals surface area contributed by atoms with E-state index in [0.29, 0.717) is 11.6 Å². The third-order valence-corrected chi connectivity index (χ3v) is 3.18. The van der Waals surface area contributed by atoms with Crippen molar-refractivity contribution < 1.29 is 4.74 Å². The van der Waals surface area contributed by atoms with Crippen LogP contribution in [0.3, 0.4) is 0 Å². The molecule has 92 valence electrons. The molecule has 18 heavy (non-hydrogen) atoms. The summed E-state index contributed by atoms with van der Waals surface area (Å²) in [5, 5.41) is 0.654. The summed E-state index contributed by atoms with van der Waals surface area (Å²) in [6, 6.07) is 5.80. The molecule has 0 aliphatic carbocycles. The van der Waals surface area contributed by atoms with Crippen molar-refractivity contribution in [3.05, 3.63) is 47.5 Å². The molecule has 0 N–H and O–H groups in total. The first-order chi connectivity index (χ1) is 8.84. The summed E-state index contributed by atoms with van der Waals surface area (Å²) in [4.78, 5) is 10.3. The second-order valence-corrected chi connectivity index (χ2v) is 4.51. The molecule has 2 heterocycles. The lowest BCUT2D eigenvalue weighted by atomic mass is 10.2. The van der Waals surface area contributed by atoms with E-state index in [2.05, 4.69) is 14.9 Å². The predicted molar refractivity (Wildman–Crippen MR) is 70.0 cm³/mol. The Morgan fingerprint density at radius 1 is 1.28 bits per heavy atom. The SMILES string of the molecule is Clc1cccc2c1OCCN2Cc1cncnc1. The lowest BCUT2D eigenvalue weighted by Crippen LogP contribution is -2.32. The molecule has 0 saturated heterocycles. The maximum absolute atomic E-state index is 6.13. The van der Waals surface area contributed by atoms with Crippen molar-refractivity contribution in [1.29, 1.82) is 0 Å². The van der Waals surface area contributed by atoms with Crippen molar-refractivity contribution in [2.75, 3.05) is 18.1 Å². The highest BCUT2D eigenvalue weighted by Crippen LogP contribution is 2.38. The van der Waals surface area contributed by atoms with Crippen molar-refractivity contribution in [3.8, 4) is 5.75 Å². The summed E-state index contributed by atoms with van der Waals surface area (Å²) < 4.78 is 5.62. The largest absolute Gasteiger partial charge is 0.488 e. The Morgan fingerprint density at radius 3 is 2.94 bits per heavy atom. The highest BCUT2D eigenvalue weighted by atomic mass is 35.5. The van der Waals surface area contributed by atoms with Crippen LogP contribution in [0.5, 0.6) is 5.75 Å². The first kappa shape index (κ1) is 11.3. The van der Waals surface area contributed by atoms with Crippen LogP contribution in [0.1, 0.15) is 5.56 Å². The van der Waals surface area contributed by atoms with Crippen LogP contribution < -0.4 is 9.64 Å². The Kier molecular flexibility index (Phi) is 3.02. The zero-order chi connectivity index (χ0) is 12.4. The minimum atomic E-state index is 0.643. The number of rotatable bonds is 2. The van der Waals surface area contributed by atoms with Gasteiger partial charge in [-0.2, -0.15) is 0 Å². The molecule has 0 unspecified atom stereocenters. The maximum atomic E-state index is 6.13. The van der Waals surface area contributed by atoms with E-state index in [0.717, 1.165) is 30.1 Å². The van der Waals surface area contributed by atoms with Crippen molar-refractivity contribution >= 4 is 17.3 Å². The van der Waals surface area contributed by atoms with E-state index in [1.54, 1.807) is 0 Å². The van der Waals surface area contributed by atoms with Crippen molar-refractivity contribution in [2.45, 2.75) is 6.54 Å². The van der Waals surface area contributed by atoms with Crippen molar-refractivity contribution in [3.63, 3.8) is 0 Å². The van der Waals surface area contributed by atoms with Crippen LogP contribution in [-0.2, 0) is 6.54 Å². The number of para-hydroxylation sites is 1. The third-order valence-electron chi connectivity index (χ3n) is 2.88. The topological polar surface area (TPSA) is 38.2 Å². The molecular formula is C13H12ClN3O. The molecule has 0 amide bonds. The lowest BCUT2D eigenvalue weighted by molar-refractivity contribution is 0.307. The van der Waals surface area contributed by atoms with Gasteiger partial charge in [0.1, 0.15) is 12.9 Å². The first-order valence-corrected chi connectivity index (χ1v) is 6.12. The van der Waals surface area contributed by atoms with Gasteiger partial charge in [-0.25, -0.2) is 9.97 Å². The Hall–Kier alpha value is -1.81. The van der Waals surface area contributed by atoms with Crippen LogP contribution in [0.15, 0.2) is 36.9 Å². The van der Waals surface area contributed by atoms with Gasteiger partial charge >= 0.3 is 0 Å². The van der Waals surface area contributed by atoms with Crippen LogP contribution in [0.25, 0.3) is 0 Å². The average molecular weight is 262 g/mol. The summed E-state index contributed by atoms with van der Waals surface area (Å²) in [7, 11) is 0. The van der Waals surface area contributed by atoms with Crippen LogP contribution >= 0.6 is 11.6 Å². The summed E-state index contributed by atoms with van der Waals surface area (Å²) >= 11 is 6.13. The Labute approximate surface area is 110 Å². The number of benzene rings is 1. The first-order valence-electron chi connectivity index (χ1n) is 5.75. The smallest absolute Gasteiger partial charge is 0.161 e. The monoisotopic (exact) mass is 261 g/mol. The fourth-order valence-corrected chi connectivity index (χ4v) is 2.29. The van der Waals surface area contributed by atoms with Crippen LogP contribution in [0.2, 0.25) is 5.02 Å². The Balaban J connectivity index is 1.90. The van der Waals surface area contributed by atoms with Crippen molar-refractivity contribution in [2.24, 2.45) is 0 Å². The fourth-order valence-electron chi connectivity index (χ4n) is 2.06. The van der Waals surface area contributed by atoms with Crippen LogP contribution in [0, 0.1) is 0 Å². The molecule has 4 nitrogen and oxygen atoms in total. The molecule has 2 aromatic rings. The summed E-state index contributed by atoms with van der Waals surface area (Å²) in [6.45, 7) is 2.24. The highest BCUT2D eigenvalue weighted by molar-refractivity contribution is 6.32. The molecular weight excluding hydrogens is 250 g/mol. The number of aromatic nitrogens is 2. The Morgan fingerprint density at radius 2 is 2.11 bits per heavy atom. The molecule has 0 saturated carbocycles. The van der Waals surface area contributed by atoms with Gasteiger partial charge in [0.2, 0.25) is 0 Å². The third kappa shape index (κ3) is 2.11. The number of fused-ring (bicyclic) bond motifs is 1. The highest BCUT2D eigenvalue weighted by Gasteiger charge is 2.20. The van der Waals surface area contributed by atoms with Crippen LogP contribution in [-0.4, -0.2) is 23.1 Å². The van der Waals surface area contributed by atoms with Gasteiger partial charge in [0.15, 0.2) is 5.75 Å². The molecule has 1 aliphatic heterocycles. The molecule has 3 rings (SSSR count). The number of hydrogen-bond acceptors (Lipinski definition) is 4. The maximum Gasteiger partial charge on any atom is 0.161 e. The number of anilines is 1. The number of ether oxygens (including phenoxy) is 1. The molecule has 5 heteroatoms. The van der Waals surface area contributed by atoms with E-state index < -0.39 is 0 Å². The molecule has 0 fully saturated rings. The normalized spacial score (nSPS) is 13.9. The zero-order valence-electron chi connectivity index (χ0n) is 9.71. The summed E-state index contributed by atoms with van der Waals surface area (Å²) in [6.07, 6.45) is 5.19. The summed E-state index contributed by atoms with van der Waals surface area (Å²) in [5.74, 6) is 0.766. The van der Waals surface area contributed by atoms with Crippen molar-refractivity contribution in [1.82, 2.24) is 9.97 Å². The molecule has 1 aromatic heterocycles. The number of halogens is 1.